The summed E-state index contributed by atoms with van der Waals surface area (Å²) in [6, 6.07) is 6.97. The molecule has 32 heavy (non-hydrogen) atoms. The maximum atomic E-state index is 13.9. The molecule has 1 aliphatic heterocycles. The van der Waals surface area contributed by atoms with Crippen molar-refractivity contribution in [3.63, 3.8) is 0 Å². The summed E-state index contributed by atoms with van der Waals surface area (Å²) in [5.41, 5.74) is 0.829. The topological polar surface area (TPSA) is 99.2 Å². The second-order valence-corrected chi connectivity index (χ2v) is 9.10. The average Bonchev–Trinajstić information content (AvgIpc) is 2.72. The van der Waals surface area contributed by atoms with Crippen molar-refractivity contribution >= 4 is 27.6 Å². The van der Waals surface area contributed by atoms with E-state index in [2.05, 4.69) is 0 Å². The third-order valence-corrected chi connectivity index (χ3v) is 7.11. The van der Waals surface area contributed by atoms with Gasteiger partial charge >= 0.3 is 11.9 Å². The van der Waals surface area contributed by atoms with Crippen LogP contribution in [0.15, 0.2) is 41.3 Å². The number of carbonyl (C=O) groups is 2. The largest absolute Gasteiger partial charge is 0.494 e. The van der Waals surface area contributed by atoms with E-state index in [0.717, 1.165) is 22.5 Å². The predicted octanol–water partition coefficient (Wildman–Crippen LogP) is 3.08. The van der Waals surface area contributed by atoms with Crippen LogP contribution in [-0.4, -0.2) is 40.1 Å². The van der Waals surface area contributed by atoms with E-state index in [-0.39, 0.29) is 35.1 Å². The van der Waals surface area contributed by atoms with E-state index < -0.39 is 39.7 Å². The predicted molar refractivity (Wildman–Crippen MR) is 114 cm³/mol. The number of hydrogen-bond donors (Lipinski definition) is 0. The number of fused-ring (bicyclic) bond motifs is 1. The Morgan fingerprint density at radius 2 is 1.91 bits per heavy atom. The van der Waals surface area contributed by atoms with Crippen molar-refractivity contribution < 1.29 is 36.6 Å². The molecule has 1 heterocycles. The van der Waals surface area contributed by atoms with Gasteiger partial charge < -0.3 is 14.2 Å². The molecule has 0 aromatic heterocycles. The van der Waals surface area contributed by atoms with Gasteiger partial charge in [-0.25, -0.2) is 12.8 Å². The second-order valence-electron chi connectivity index (χ2n) is 7.28. The zero-order valence-electron chi connectivity index (χ0n) is 18.1. The Balaban J connectivity index is 2.18. The second kappa shape index (κ2) is 9.15. The highest BCUT2D eigenvalue weighted by molar-refractivity contribution is 7.92. The minimum absolute atomic E-state index is 0.155. The summed E-state index contributed by atoms with van der Waals surface area (Å²) in [7, 11) is -3.03. The molecular formula is C22H24FNO7S. The maximum absolute atomic E-state index is 13.9. The molecule has 0 spiro atoms. The summed E-state index contributed by atoms with van der Waals surface area (Å²) in [5.74, 6) is -2.62. The number of halogens is 1. The summed E-state index contributed by atoms with van der Waals surface area (Å²) >= 11 is 0. The number of ether oxygens (including phenoxy) is 3. The summed E-state index contributed by atoms with van der Waals surface area (Å²) in [6.45, 7) is 4.66. The lowest BCUT2D eigenvalue weighted by Gasteiger charge is -2.40. The van der Waals surface area contributed by atoms with Crippen LogP contribution in [-0.2, 0) is 30.8 Å². The van der Waals surface area contributed by atoms with E-state index in [1.54, 1.807) is 19.9 Å². The fourth-order valence-corrected chi connectivity index (χ4v) is 5.47. The fraction of sp³-hybridized carbons (Fsp3) is 0.364. The molecule has 0 N–H and O–H groups in total. The molecule has 0 unspecified atom stereocenters. The zero-order chi connectivity index (χ0) is 23.6. The molecule has 1 aliphatic rings. The van der Waals surface area contributed by atoms with Gasteiger partial charge in [0.1, 0.15) is 5.75 Å². The molecule has 0 radical (unpaired) electrons. The number of esters is 2. The highest BCUT2D eigenvalue weighted by atomic mass is 32.2. The van der Waals surface area contributed by atoms with Crippen molar-refractivity contribution in [3.8, 4) is 11.5 Å². The Labute approximate surface area is 185 Å². The van der Waals surface area contributed by atoms with Crippen molar-refractivity contribution in [2.24, 2.45) is 5.92 Å². The number of rotatable bonds is 6. The van der Waals surface area contributed by atoms with Gasteiger partial charge in [0, 0.05) is 19.1 Å². The molecule has 172 valence electrons. The van der Waals surface area contributed by atoms with Gasteiger partial charge in [0.15, 0.2) is 11.6 Å². The Morgan fingerprint density at radius 1 is 1.19 bits per heavy atom. The van der Waals surface area contributed by atoms with E-state index in [4.69, 9.17) is 14.2 Å². The lowest BCUT2D eigenvalue weighted by molar-refractivity contribution is -0.148. The van der Waals surface area contributed by atoms with Crippen LogP contribution in [0.5, 0.6) is 11.5 Å². The molecule has 2 aromatic carbocycles. The standard InChI is InChI=1S/C22H24FNO7S/c1-5-30-22(26)18-10-15-6-7-16(31-14(3)25)11-20(15)24(13(18)2)32(27,28)17-8-9-19(23)21(12-17)29-4/h6-9,11-13,18H,5,10H2,1-4H3/t13-,18-/m1/s1. The first-order valence-electron chi connectivity index (χ1n) is 9.96. The molecule has 0 aliphatic carbocycles. The lowest BCUT2D eigenvalue weighted by atomic mass is 9.88. The zero-order valence-corrected chi connectivity index (χ0v) is 18.9. The van der Waals surface area contributed by atoms with Crippen LogP contribution in [0.1, 0.15) is 26.3 Å². The van der Waals surface area contributed by atoms with Gasteiger partial charge in [0.25, 0.3) is 10.0 Å². The first-order valence-corrected chi connectivity index (χ1v) is 11.4. The van der Waals surface area contributed by atoms with Gasteiger partial charge in [-0.3, -0.25) is 13.9 Å². The number of anilines is 1. The van der Waals surface area contributed by atoms with Gasteiger partial charge in [0.05, 0.1) is 36.3 Å². The van der Waals surface area contributed by atoms with Gasteiger partial charge in [-0.05, 0) is 44.0 Å². The number of hydrogen-bond acceptors (Lipinski definition) is 7. The minimum atomic E-state index is -4.26. The molecule has 0 saturated heterocycles. The smallest absolute Gasteiger partial charge is 0.311 e. The van der Waals surface area contributed by atoms with Crippen LogP contribution in [0, 0.1) is 11.7 Å². The Bertz CT molecular complexity index is 1150. The van der Waals surface area contributed by atoms with E-state index >= 15 is 0 Å². The third-order valence-electron chi connectivity index (χ3n) is 5.22. The summed E-state index contributed by atoms with van der Waals surface area (Å²) < 4.78 is 57.6. The number of benzene rings is 2. The molecule has 3 rings (SSSR count). The molecule has 0 fully saturated rings. The Morgan fingerprint density at radius 3 is 2.53 bits per heavy atom. The Hall–Kier alpha value is -3.14. The monoisotopic (exact) mass is 465 g/mol. The van der Waals surface area contributed by atoms with E-state index in [1.807, 2.05) is 0 Å². The van der Waals surface area contributed by atoms with Crippen LogP contribution in [0.4, 0.5) is 10.1 Å². The first kappa shape index (κ1) is 23.5. The van der Waals surface area contributed by atoms with Gasteiger partial charge in [0.2, 0.25) is 0 Å². The fourth-order valence-electron chi connectivity index (χ4n) is 3.73. The normalized spacial score (nSPS) is 18.0. The third kappa shape index (κ3) is 4.40. The minimum Gasteiger partial charge on any atom is -0.494 e. The summed E-state index contributed by atoms with van der Waals surface area (Å²) in [5, 5.41) is 0. The van der Waals surface area contributed by atoms with Crippen LogP contribution in [0.3, 0.4) is 0 Å². The van der Waals surface area contributed by atoms with E-state index in [9.17, 15) is 22.4 Å². The average molecular weight is 465 g/mol. The highest BCUT2D eigenvalue weighted by Gasteiger charge is 2.43. The van der Waals surface area contributed by atoms with Crippen molar-refractivity contribution in [1.29, 1.82) is 0 Å². The van der Waals surface area contributed by atoms with E-state index in [1.165, 1.54) is 26.2 Å². The number of nitrogens with zero attached hydrogens (tertiary/aromatic N) is 1. The quantitative estimate of drug-likeness (QED) is 0.478. The van der Waals surface area contributed by atoms with Crippen molar-refractivity contribution in [2.45, 2.75) is 38.1 Å². The van der Waals surface area contributed by atoms with Crippen LogP contribution in [0.25, 0.3) is 0 Å². The Kier molecular flexibility index (Phi) is 6.73. The molecule has 2 aromatic rings. The number of carbonyl (C=O) groups excluding carboxylic acids is 2. The van der Waals surface area contributed by atoms with Crippen LogP contribution in [0.2, 0.25) is 0 Å². The van der Waals surface area contributed by atoms with E-state index in [0.29, 0.717) is 5.56 Å². The van der Waals surface area contributed by atoms with Crippen LogP contribution < -0.4 is 13.8 Å². The molecular weight excluding hydrogens is 441 g/mol. The summed E-state index contributed by atoms with van der Waals surface area (Å²) in [4.78, 5) is 23.8. The molecule has 0 amide bonds. The van der Waals surface area contributed by atoms with Gasteiger partial charge in [-0.15, -0.1) is 0 Å². The molecule has 10 heteroatoms. The SMILES string of the molecule is CCOC(=O)[C@@H]1Cc2ccc(OC(C)=O)cc2N(S(=O)(=O)c2ccc(F)c(OC)c2)[C@@H]1C. The molecule has 8 nitrogen and oxygen atoms in total. The van der Waals surface area contributed by atoms with Crippen molar-refractivity contribution in [3.05, 3.63) is 47.8 Å². The number of sulfonamides is 1. The van der Waals surface area contributed by atoms with Gasteiger partial charge in [-0.1, -0.05) is 6.07 Å². The lowest BCUT2D eigenvalue weighted by Crippen LogP contribution is -2.49. The molecule has 2 atom stereocenters. The highest BCUT2D eigenvalue weighted by Crippen LogP contribution is 2.41. The molecule has 0 bridgehead atoms. The molecule has 0 saturated carbocycles. The first-order chi connectivity index (χ1) is 15.1. The van der Waals surface area contributed by atoms with Crippen molar-refractivity contribution in [1.82, 2.24) is 0 Å². The number of methoxy groups -OCH3 is 1. The maximum Gasteiger partial charge on any atom is 0.311 e. The van der Waals surface area contributed by atoms with Crippen LogP contribution >= 0.6 is 0 Å². The summed E-state index contributed by atoms with van der Waals surface area (Å²) in [6.07, 6.45) is 0.244. The van der Waals surface area contributed by atoms with Crippen molar-refractivity contribution in [2.75, 3.05) is 18.0 Å². The van der Waals surface area contributed by atoms with Gasteiger partial charge in [-0.2, -0.15) is 0 Å².